The highest BCUT2D eigenvalue weighted by atomic mass is 32.1. The zero-order valence-corrected chi connectivity index (χ0v) is 10.8. The largest absolute Gasteiger partial charge is 0.481 e. The molecule has 1 aromatic rings. The molecule has 0 aliphatic rings. The van der Waals surface area contributed by atoms with Crippen LogP contribution < -0.4 is 5.32 Å². The van der Waals surface area contributed by atoms with Crippen molar-refractivity contribution in [3.05, 3.63) is 16.1 Å². The predicted octanol–water partition coefficient (Wildman–Crippen LogP) is 0.939. The summed E-state index contributed by atoms with van der Waals surface area (Å²) in [5, 5.41) is 14.7. The van der Waals surface area contributed by atoms with Gasteiger partial charge in [-0.3, -0.25) is 4.79 Å². The van der Waals surface area contributed by atoms with Crippen molar-refractivity contribution in [2.75, 3.05) is 26.8 Å². The van der Waals surface area contributed by atoms with Crippen molar-refractivity contribution in [2.45, 2.75) is 19.3 Å². The number of nitrogens with zero attached hydrogens (tertiary/aromatic N) is 1. The van der Waals surface area contributed by atoms with Crippen LogP contribution in [-0.4, -0.2) is 42.9 Å². The summed E-state index contributed by atoms with van der Waals surface area (Å²) in [4.78, 5) is 14.7. The highest BCUT2D eigenvalue weighted by Crippen LogP contribution is 2.10. The van der Waals surface area contributed by atoms with Gasteiger partial charge in [-0.2, -0.15) is 0 Å². The van der Waals surface area contributed by atoms with Crippen molar-refractivity contribution in [2.24, 2.45) is 0 Å². The van der Waals surface area contributed by atoms with E-state index in [0.29, 0.717) is 5.69 Å². The van der Waals surface area contributed by atoms with Crippen LogP contribution >= 0.6 is 11.3 Å². The maximum Gasteiger partial charge on any atom is 0.309 e. The number of hydrogen-bond acceptors (Lipinski definition) is 5. The van der Waals surface area contributed by atoms with Gasteiger partial charge in [0.15, 0.2) is 0 Å². The molecule has 0 saturated carbocycles. The number of thiazole rings is 1. The molecule has 5 nitrogen and oxygen atoms in total. The second-order valence-electron chi connectivity index (χ2n) is 3.65. The molecular weight excluding hydrogens is 240 g/mol. The summed E-state index contributed by atoms with van der Waals surface area (Å²) in [5.41, 5.74) is 0.650. The predicted molar refractivity (Wildman–Crippen MR) is 66.5 cm³/mol. The van der Waals surface area contributed by atoms with Crippen LogP contribution in [0.15, 0.2) is 5.38 Å². The topological polar surface area (TPSA) is 71.5 Å². The van der Waals surface area contributed by atoms with Gasteiger partial charge in [-0.15, -0.1) is 11.3 Å². The minimum atomic E-state index is -0.834. The molecule has 0 aliphatic heterocycles. The molecule has 1 heterocycles. The van der Waals surface area contributed by atoms with E-state index in [1.807, 2.05) is 5.38 Å². The van der Waals surface area contributed by atoms with Gasteiger partial charge in [0.05, 0.1) is 17.1 Å². The van der Waals surface area contributed by atoms with Crippen molar-refractivity contribution < 1.29 is 14.6 Å². The number of hydrogen-bond donors (Lipinski definition) is 2. The average molecular weight is 258 g/mol. The fourth-order valence-corrected chi connectivity index (χ4v) is 2.16. The molecule has 0 aromatic carbocycles. The molecule has 1 rings (SSSR count). The van der Waals surface area contributed by atoms with Crippen LogP contribution in [0.25, 0.3) is 0 Å². The summed E-state index contributed by atoms with van der Waals surface area (Å²) in [7, 11) is 1.69. The van der Waals surface area contributed by atoms with E-state index in [1.54, 1.807) is 7.11 Å². The van der Waals surface area contributed by atoms with Gasteiger partial charge in [0.25, 0.3) is 0 Å². The molecule has 1 aromatic heterocycles. The standard InChI is InChI=1S/C11H18N2O3S/c1-16-6-2-4-12-5-3-10-13-9(8-17-10)7-11(14)15/h8,12H,2-7H2,1H3,(H,14,15). The van der Waals surface area contributed by atoms with Gasteiger partial charge in [0, 0.05) is 32.1 Å². The number of carboxylic acids is 1. The zero-order valence-electron chi connectivity index (χ0n) is 9.94. The van der Waals surface area contributed by atoms with Crippen LogP contribution in [0.4, 0.5) is 0 Å². The van der Waals surface area contributed by atoms with Crippen LogP contribution in [0.3, 0.4) is 0 Å². The number of ether oxygens (including phenoxy) is 1. The minimum Gasteiger partial charge on any atom is -0.481 e. The summed E-state index contributed by atoms with van der Waals surface area (Å²) in [6, 6.07) is 0. The first-order chi connectivity index (χ1) is 8.22. The molecule has 6 heteroatoms. The van der Waals surface area contributed by atoms with E-state index < -0.39 is 5.97 Å². The Hall–Kier alpha value is -0.980. The van der Waals surface area contributed by atoms with E-state index >= 15 is 0 Å². The van der Waals surface area contributed by atoms with E-state index in [2.05, 4.69) is 10.3 Å². The average Bonchev–Trinajstić information content (AvgIpc) is 2.70. The lowest BCUT2D eigenvalue weighted by atomic mass is 10.3. The molecule has 0 atom stereocenters. The van der Waals surface area contributed by atoms with Crippen LogP contribution in [0.2, 0.25) is 0 Å². The molecular formula is C11H18N2O3S. The SMILES string of the molecule is COCCCNCCc1nc(CC(=O)O)cs1. The molecule has 2 N–H and O–H groups in total. The number of carboxylic acid groups (broad SMARTS) is 1. The number of nitrogens with one attached hydrogen (secondary N) is 1. The molecule has 0 unspecified atom stereocenters. The van der Waals surface area contributed by atoms with Gasteiger partial charge < -0.3 is 15.2 Å². The first-order valence-corrected chi connectivity index (χ1v) is 6.45. The van der Waals surface area contributed by atoms with E-state index in [4.69, 9.17) is 9.84 Å². The third kappa shape index (κ3) is 6.35. The van der Waals surface area contributed by atoms with Crippen LogP contribution in [0.5, 0.6) is 0 Å². The van der Waals surface area contributed by atoms with Gasteiger partial charge in [-0.05, 0) is 13.0 Å². The highest BCUT2D eigenvalue weighted by Gasteiger charge is 2.05. The third-order valence-electron chi connectivity index (χ3n) is 2.15. The Balaban J connectivity index is 2.14. The quantitative estimate of drug-likeness (QED) is 0.645. The van der Waals surface area contributed by atoms with Crippen molar-refractivity contribution in [1.82, 2.24) is 10.3 Å². The number of carbonyl (C=O) groups is 1. The maximum atomic E-state index is 10.5. The molecule has 96 valence electrons. The first kappa shape index (κ1) is 14.1. The Bertz CT molecular complexity index is 341. The lowest BCUT2D eigenvalue weighted by molar-refractivity contribution is -0.136. The Labute approximate surface area is 105 Å². The van der Waals surface area contributed by atoms with E-state index in [1.165, 1.54) is 11.3 Å². The van der Waals surface area contributed by atoms with E-state index in [9.17, 15) is 4.79 Å². The molecule has 0 bridgehead atoms. The number of aromatic nitrogens is 1. The van der Waals surface area contributed by atoms with Gasteiger partial charge in [-0.25, -0.2) is 4.98 Å². The monoisotopic (exact) mass is 258 g/mol. The molecule has 0 spiro atoms. The summed E-state index contributed by atoms with van der Waals surface area (Å²) in [6.07, 6.45) is 1.85. The van der Waals surface area contributed by atoms with E-state index in [-0.39, 0.29) is 6.42 Å². The third-order valence-corrected chi connectivity index (χ3v) is 3.11. The Kier molecular flexibility index (Phi) is 6.76. The minimum absolute atomic E-state index is 0.0117. The smallest absolute Gasteiger partial charge is 0.309 e. The summed E-state index contributed by atoms with van der Waals surface area (Å²) < 4.78 is 4.94. The fourth-order valence-electron chi connectivity index (χ4n) is 1.36. The van der Waals surface area contributed by atoms with Gasteiger partial charge >= 0.3 is 5.97 Å². The molecule has 0 aliphatic carbocycles. The highest BCUT2D eigenvalue weighted by molar-refractivity contribution is 7.09. The zero-order chi connectivity index (χ0) is 12.5. The number of rotatable bonds is 9. The molecule has 0 saturated heterocycles. The summed E-state index contributed by atoms with van der Waals surface area (Å²) >= 11 is 1.52. The van der Waals surface area contributed by atoms with Crippen molar-refractivity contribution >= 4 is 17.3 Å². The lowest BCUT2D eigenvalue weighted by Crippen LogP contribution is -2.19. The van der Waals surface area contributed by atoms with Crippen LogP contribution in [0, 0.1) is 0 Å². The maximum absolute atomic E-state index is 10.5. The molecule has 17 heavy (non-hydrogen) atoms. The first-order valence-electron chi connectivity index (χ1n) is 5.57. The number of aliphatic carboxylic acids is 1. The fraction of sp³-hybridized carbons (Fsp3) is 0.636. The normalized spacial score (nSPS) is 10.6. The number of methoxy groups -OCH3 is 1. The molecule has 0 fully saturated rings. The van der Waals surface area contributed by atoms with Gasteiger partial charge in [0.2, 0.25) is 0 Å². The van der Waals surface area contributed by atoms with Crippen molar-refractivity contribution in [1.29, 1.82) is 0 Å². The lowest BCUT2D eigenvalue weighted by Gasteiger charge is -2.02. The van der Waals surface area contributed by atoms with Crippen LogP contribution in [-0.2, 0) is 22.4 Å². The van der Waals surface area contributed by atoms with Gasteiger partial charge in [0.1, 0.15) is 0 Å². The van der Waals surface area contributed by atoms with Crippen LogP contribution in [0.1, 0.15) is 17.1 Å². The Morgan fingerprint density at radius 2 is 2.41 bits per heavy atom. The second-order valence-corrected chi connectivity index (χ2v) is 4.59. The Morgan fingerprint density at radius 3 is 3.12 bits per heavy atom. The summed E-state index contributed by atoms with van der Waals surface area (Å²) in [5.74, 6) is -0.834. The van der Waals surface area contributed by atoms with Crippen molar-refractivity contribution in [3.8, 4) is 0 Å². The molecule has 0 radical (unpaired) electrons. The second kappa shape index (κ2) is 8.16. The Morgan fingerprint density at radius 1 is 1.59 bits per heavy atom. The van der Waals surface area contributed by atoms with Crippen molar-refractivity contribution in [3.63, 3.8) is 0 Å². The summed E-state index contributed by atoms with van der Waals surface area (Å²) in [6.45, 7) is 2.57. The van der Waals surface area contributed by atoms with Gasteiger partial charge in [-0.1, -0.05) is 0 Å². The molecule has 0 amide bonds. The van der Waals surface area contributed by atoms with E-state index in [0.717, 1.165) is 37.5 Å².